The molecule has 0 aromatic rings. The van der Waals surface area contributed by atoms with Gasteiger partial charge < -0.3 is 15.4 Å². The number of hydrogen-bond acceptors (Lipinski definition) is 4. The average Bonchev–Trinajstić information content (AvgIpc) is 2.47. The molecule has 1 amide bonds. The van der Waals surface area contributed by atoms with Crippen molar-refractivity contribution < 1.29 is 9.53 Å². The number of ether oxygens (including phenoxy) is 1. The molecule has 134 valence electrons. The summed E-state index contributed by atoms with van der Waals surface area (Å²) in [4.78, 5) is 16.7. The Morgan fingerprint density at radius 3 is 2.43 bits per heavy atom. The number of piperazine rings is 1. The van der Waals surface area contributed by atoms with Gasteiger partial charge in [-0.05, 0) is 51.9 Å². The minimum Gasteiger partial charge on any atom is -0.444 e. The fourth-order valence-electron chi connectivity index (χ4n) is 3.87. The van der Waals surface area contributed by atoms with Crippen LogP contribution >= 0.6 is 0 Å². The van der Waals surface area contributed by atoms with E-state index in [9.17, 15) is 4.79 Å². The molecule has 1 saturated carbocycles. The summed E-state index contributed by atoms with van der Waals surface area (Å²) in [5.41, 5.74) is 5.59. The van der Waals surface area contributed by atoms with E-state index < -0.39 is 5.60 Å². The van der Waals surface area contributed by atoms with Crippen LogP contribution in [0.1, 0.15) is 53.9 Å². The van der Waals surface area contributed by atoms with Gasteiger partial charge in [-0.25, -0.2) is 4.79 Å². The first-order valence-electron chi connectivity index (χ1n) is 9.15. The highest BCUT2D eigenvalue weighted by atomic mass is 16.6. The van der Waals surface area contributed by atoms with Crippen LogP contribution in [0.25, 0.3) is 0 Å². The minimum atomic E-state index is -0.443. The number of carbonyl (C=O) groups excluding carboxylic acids is 1. The highest BCUT2D eigenvalue weighted by Gasteiger charge is 2.37. The predicted molar refractivity (Wildman–Crippen MR) is 93.3 cm³/mol. The SMILES string of the molecule is CC1CCC(N2CCN(C(=O)OC(C)(C)C)CC2CN)CC1C. The molecule has 0 spiro atoms. The van der Waals surface area contributed by atoms with Crippen molar-refractivity contribution in [3.63, 3.8) is 0 Å². The van der Waals surface area contributed by atoms with Gasteiger partial charge in [0, 0.05) is 38.3 Å². The first-order valence-corrected chi connectivity index (χ1v) is 9.15. The van der Waals surface area contributed by atoms with Crippen molar-refractivity contribution in [3.05, 3.63) is 0 Å². The first kappa shape index (κ1) is 18.5. The lowest BCUT2D eigenvalue weighted by Gasteiger charge is -2.47. The number of amides is 1. The molecule has 2 rings (SSSR count). The summed E-state index contributed by atoms with van der Waals surface area (Å²) in [7, 11) is 0. The maximum absolute atomic E-state index is 12.3. The van der Waals surface area contributed by atoms with E-state index in [2.05, 4.69) is 18.7 Å². The molecule has 1 heterocycles. The molecule has 2 fully saturated rings. The lowest BCUT2D eigenvalue weighted by atomic mass is 9.78. The Morgan fingerprint density at radius 1 is 1.17 bits per heavy atom. The van der Waals surface area contributed by atoms with Gasteiger partial charge in [0.05, 0.1) is 0 Å². The van der Waals surface area contributed by atoms with Gasteiger partial charge in [-0.3, -0.25) is 4.90 Å². The van der Waals surface area contributed by atoms with Gasteiger partial charge in [0.1, 0.15) is 5.60 Å². The average molecular weight is 325 g/mol. The lowest BCUT2D eigenvalue weighted by Crippen LogP contribution is -2.61. The van der Waals surface area contributed by atoms with Crippen molar-refractivity contribution in [3.8, 4) is 0 Å². The van der Waals surface area contributed by atoms with Crippen LogP contribution < -0.4 is 5.73 Å². The zero-order valence-corrected chi connectivity index (χ0v) is 15.5. The molecule has 1 aliphatic carbocycles. The summed E-state index contributed by atoms with van der Waals surface area (Å²) in [5.74, 6) is 1.60. The van der Waals surface area contributed by atoms with Crippen molar-refractivity contribution in [1.82, 2.24) is 9.80 Å². The molecule has 4 atom stereocenters. The summed E-state index contributed by atoms with van der Waals surface area (Å²) >= 11 is 0. The second-order valence-electron chi connectivity index (χ2n) is 8.48. The highest BCUT2D eigenvalue weighted by molar-refractivity contribution is 5.68. The van der Waals surface area contributed by atoms with Crippen LogP contribution in [0.15, 0.2) is 0 Å². The summed E-state index contributed by atoms with van der Waals surface area (Å²) < 4.78 is 5.51. The Hall–Kier alpha value is -0.810. The molecule has 0 radical (unpaired) electrons. The van der Waals surface area contributed by atoms with Gasteiger partial charge in [0.25, 0.3) is 0 Å². The maximum atomic E-state index is 12.3. The van der Waals surface area contributed by atoms with E-state index >= 15 is 0 Å². The number of carbonyl (C=O) groups is 1. The number of nitrogens with zero attached hydrogens (tertiary/aromatic N) is 2. The Labute approximate surface area is 141 Å². The van der Waals surface area contributed by atoms with Crippen LogP contribution in [0.5, 0.6) is 0 Å². The molecule has 1 saturated heterocycles. The molecule has 0 aromatic heterocycles. The first-order chi connectivity index (χ1) is 10.7. The van der Waals surface area contributed by atoms with Gasteiger partial charge in [-0.1, -0.05) is 13.8 Å². The quantitative estimate of drug-likeness (QED) is 0.848. The van der Waals surface area contributed by atoms with E-state index in [1.807, 2.05) is 25.7 Å². The molecule has 2 aliphatic rings. The van der Waals surface area contributed by atoms with Crippen LogP contribution in [0.2, 0.25) is 0 Å². The zero-order chi connectivity index (χ0) is 17.2. The van der Waals surface area contributed by atoms with Crippen LogP contribution in [-0.4, -0.2) is 59.8 Å². The summed E-state index contributed by atoms with van der Waals surface area (Å²) in [6.07, 6.45) is 3.61. The van der Waals surface area contributed by atoms with Crippen LogP contribution in [0.3, 0.4) is 0 Å². The van der Waals surface area contributed by atoms with E-state index in [0.717, 1.165) is 24.9 Å². The minimum absolute atomic E-state index is 0.207. The van der Waals surface area contributed by atoms with Crippen LogP contribution in [0.4, 0.5) is 4.79 Å². The van der Waals surface area contributed by atoms with Gasteiger partial charge in [-0.2, -0.15) is 0 Å². The molecular formula is C18H35N3O2. The van der Waals surface area contributed by atoms with Crippen molar-refractivity contribution in [1.29, 1.82) is 0 Å². The third-order valence-corrected chi connectivity index (χ3v) is 5.49. The van der Waals surface area contributed by atoms with Crippen LogP contribution in [0, 0.1) is 11.8 Å². The van der Waals surface area contributed by atoms with Gasteiger partial charge >= 0.3 is 6.09 Å². The van der Waals surface area contributed by atoms with Gasteiger partial charge in [-0.15, -0.1) is 0 Å². The van der Waals surface area contributed by atoms with E-state index in [4.69, 9.17) is 10.5 Å². The lowest BCUT2D eigenvalue weighted by molar-refractivity contribution is -0.0126. The Balaban J connectivity index is 1.95. The van der Waals surface area contributed by atoms with Gasteiger partial charge in [0.2, 0.25) is 0 Å². The molecule has 1 aliphatic heterocycles. The molecular weight excluding hydrogens is 290 g/mol. The molecule has 0 aromatic carbocycles. The van der Waals surface area contributed by atoms with E-state index in [0.29, 0.717) is 19.1 Å². The third kappa shape index (κ3) is 4.83. The monoisotopic (exact) mass is 325 g/mol. The molecule has 2 N–H and O–H groups in total. The fourth-order valence-corrected chi connectivity index (χ4v) is 3.87. The molecule has 5 nitrogen and oxygen atoms in total. The smallest absolute Gasteiger partial charge is 0.410 e. The second-order valence-corrected chi connectivity index (χ2v) is 8.48. The Bertz CT molecular complexity index is 408. The van der Waals surface area contributed by atoms with Crippen molar-refractivity contribution in [2.24, 2.45) is 17.6 Å². The van der Waals surface area contributed by atoms with Crippen molar-refractivity contribution in [2.75, 3.05) is 26.2 Å². The molecule has 0 bridgehead atoms. The second kappa shape index (κ2) is 7.39. The topological polar surface area (TPSA) is 58.8 Å². The van der Waals surface area contributed by atoms with E-state index in [-0.39, 0.29) is 12.1 Å². The number of hydrogen-bond donors (Lipinski definition) is 1. The van der Waals surface area contributed by atoms with E-state index in [1.165, 1.54) is 19.3 Å². The largest absolute Gasteiger partial charge is 0.444 e. The number of rotatable bonds is 2. The normalized spacial score (nSPS) is 33.6. The van der Waals surface area contributed by atoms with Crippen LogP contribution in [-0.2, 0) is 4.74 Å². The number of nitrogens with two attached hydrogens (primary N) is 1. The van der Waals surface area contributed by atoms with E-state index in [1.54, 1.807) is 0 Å². The standard InChI is InChI=1S/C18H35N3O2/c1-13-6-7-15(10-14(13)2)21-9-8-20(12-16(21)11-19)17(22)23-18(3,4)5/h13-16H,6-12,19H2,1-5H3. The fraction of sp³-hybridized carbons (Fsp3) is 0.944. The molecule has 5 heteroatoms. The Kier molecular flexibility index (Phi) is 5.95. The summed E-state index contributed by atoms with van der Waals surface area (Å²) in [6, 6.07) is 0.873. The zero-order valence-electron chi connectivity index (χ0n) is 15.5. The highest BCUT2D eigenvalue weighted by Crippen LogP contribution is 2.33. The predicted octanol–water partition coefficient (Wildman–Crippen LogP) is 2.69. The summed E-state index contributed by atoms with van der Waals surface area (Å²) in [6.45, 7) is 13.4. The molecule has 4 unspecified atom stereocenters. The van der Waals surface area contributed by atoms with Crippen molar-refractivity contribution in [2.45, 2.75) is 71.6 Å². The summed E-state index contributed by atoms with van der Waals surface area (Å²) in [5, 5.41) is 0. The maximum Gasteiger partial charge on any atom is 0.410 e. The third-order valence-electron chi connectivity index (χ3n) is 5.49. The van der Waals surface area contributed by atoms with Crippen molar-refractivity contribution >= 4 is 6.09 Å². The van der Waals surface area contributed by atoms with Gasteiger partial charge in [0.15, 0.2) is 0 Å². The Morgan fingerprint density at radius 2 is 1.87 bits per heavy atom. The molecule has 23 heavy (non-hydrogen) atoms.